The maximum atomic E-state index is 11.5. The molecule has 0 spiro atoms. The number of hydroxylamine groups is 2. The van der Waals surface area contributed by atoms with Crippen LogP contribution >= 0.6 is 15.9 Å². The average Bonchev–Trinajstić information content (AvgIpc) is 2.96. The molecule has 7 nitrogen and oxygen atoms in total. The minimum atomic E-state index is -1.17. The molecule has 1 aromatic heterocycles. The van der Waals surface area contributed by atoms with E-state index in [4.69, 9.17) is 9.68 Å². The monoisotopic (exact) mass is 379 g/mol. The second-order valence-electron chi connectivity index (χ2n) is 5.48. The van der Waals surface area contributed by atoms with Crippen LogP contribution in [0.2, 0.25) is 0 Å². The Hall–Kier alpha value is -1.90. The van der Waals surface area contributed by atoms with E-state index in [0.717, 1.165) is 39.0 Å². The Balaban J connectivity index is 1.89. The van der Waals surface area contributed by atoms with Gasteiger partial charge in [0, 0.05) is 23.1 Å². The molecular weight excluding hydrogens is 366 g/mol. The van der Waals surface area contributed by atoms with Crippen molar-refractivity contribution in [2.75, 3.05) is 23.3 Å². The van der Waals surface area contributed by atoms with Crippen LogP contribution in [0.1, 0.15) is 12.8 Å². The smallest absolute Gasteiger partial charge is 0.438 e. The third kappa shape index (κ3) is 2.43. The Bertz CT molecular complexity index is 779. The molecule has 2 aliphatic heterocycles. The van der Waals surface area contributed by atoms with Gasteiger partial charge in [0.1, 0.15) is 11.4 Å². The van der Waals surface area contributed by atoms with Gasteiger partial charge in [-0.15, -0.1) is 10.0 Å². The van der Waals surface area contributed by atoms with Crippen molar-refractivity contribution < 1.29 is 19.6 Å². The summed E-state index contributed by atoms with van der Waals surface area (Å²) in [6.45, 7) is 1.28. The second kappa shape index (κ2) is 5.63. The number of rotatable bonds is 1. The number of nitrogens with zero attached hydrogens (tertiary/aromatic N) is 3. The van der Waals surface area contributed by atoms with Crippen molar-refractivity contribution in [3.63, 3.8) is 0 Å². The Labute approximate surface area is 140 Å². The van der Waals surface area contributed by atoms with Crippen LogP contribution in [-0.2, 0) is 9.68 Å². The van der Waals surface area contributed by atoms with Crippen molar-refractivity contribution in [1.29, 1.82) is 0 Å². The largest absolute Gasteiger partial charge is 0.463 e. The van der Waals surface area contributed by atoms with Gasteiger partial charge in [-0.2, -0.15) is 0 Å². The molecule has 2 aliphatic rings. The number of ether oxygens (including phenoxy) is 1. The van der Waals surface area contributed by atoms with E-state index in [1.807, 2.05) is 18.2 Å². The number of amides is 1. The molecule has 1 N–H and O–H groups in total. The minimum Gasteiger partial charge on any atom is -0.463 e. The number of carbonyl (C=O) groups is 1. The fourth-order valence-corrected chi connectivity index (χ4v) is 3.36. The molecule has 3 heterocycles. The highest BCUT2D eigenvalue weighted by Crippen LogP contribution is 2.44. The summed E-state index contributed by atoms with van der Waals surface area (Å²) in [4.78, 5) is 21.5. The average molecular weight is 380 g/mol. The quantitative estimate of drug-likeness (QED) is 0.818. The van der Waals surface area contributed by atoms with Crippen molar-refractivity contribution in [2.24, 2.45) is 0 Å². The topological polar surface area (TPSA) is 75.1 Å². The van der Waals surface area contributed by atoms with E-state index in [2.05, 4.69) is 20.9 Å². The molecule has 0 aliphatic carbocycles. The van der Waals surface area contributed by atoms with E-state index in [9.17, 15) is 9.90 Å². The Kier molecular flexibility index (Phi) is 3.59. The summed E-state index contributed by atoms with van der Waals surface area (Å²) in [5, 5.41) is 12.8. The molecule has 0 radical (unpaired) electrons. The van der Waals surface area contributed by atoms with E-state index in [0.29, 0.717) is 18.9 Å². The standard InChI is InChI=1S/C15H14BrN3O4/c16-9-1-2-12-11(7-9)14-13(8-17-12)19(15(20)21)23-18(14)10-3-5-22-6-4-10/h1-2,7-8,10H,3-6H2,(H,20,21). The number of aromatic nitrogens is 1. The van der Waals surface area contributed by atoms with Crippen LogP contribution in [0.5, 0.6) is 0 Å². The predicted octanol–water partition coefficient (Wildman–Crippen LogP) is 3.33. The van der Waals surface area contributed by atoms with Gasteiger partial charge in [0.25, 0.3) is 0 Å². The van der Waals surface area contributed by atoms with Crippen LogP contribution in [0.15, 0.2) is 28.9 Å². The van der Waals surface area contributed by atoms with Gasteiger partial charge in [0.2, 0.25) is 0 Å². The first kappa shape index (κ1) is 14.7. The zero-order valence-electron chi connectivity index (χ0n) is 12.1. The Morgan fingerprint density at radius 1 is 1.35 bits per heavy atom. The van der Waals surface area contributed by atoms with Crippen LogP contribution in [0.4, 0.5) is 16.2 Å². The maximum absolute atomic E-state index is 11.5. The summed E-state index contributed by atoms with van der Waals surface area (Å²) in [5.74, 6) is 0. The summed E-state index contributed by atoms with van der Waals surface area (Å²) in [5.41, 5.74) is 1.97. The number of carboxylic acid groups (broad SMARTS) is 1. The van der Waals surface area contributed by atoms with Crippen molar-refractivity contribution in [3.05, 3.63) is 28.9 Å². The lowest BCUT2D eigenvalue weighted by atomic mass is 10.1. The van der Waals surface area contributed by atoms with Gasteiger partial charge >= 0.3 is 6.09 Å². The van der Waals surface area contributed by atoms with Crippen molar-refractivity contribution in [1.82, 2.24) is 4.98 Å². The molecule has 0 saturated carbocycles. The van der Waals surface area contributed by atoms with Crippen LogP contribution in [-0.4, -0.2) is 35.4 Å². The van der Waals surface area contributed by atoms with E-state index in [1.54, 1.807) is 11.3 Å². The SMILES string of the molecule is O=C(O)N1ON(C2CCOCC2)c2c1cnc1ccc(Br)cc21. The van der Waals surface area contributed by atoms with Gasteiger partial charge in [-0.3, -0.25) is 4.98 Å². The number of anilines is 2. The van der Waals surface area contributed by atoms with Gasteiger partial charge < -0.3 is 9.84 Å². The molecular formula is C15H14BrN3O4. The molecule has 0 bridgehead atoms. The van der Waals surface area contributed by atoms with Crippen LogP contribution < -0.4 is 10.1 Å². The molecule has 2 aromatic rings. The van der Waals surface area contributed by atoms with Gasteiger partial charge in [0.15, 0.2) is 0 Å². The third-order valence-corrected chi connectivity index (χ3v) is 4.58. The molecule has 0 atom stereocenters. The third-order valence-electron chi connectivity index (χ3n) is 4.09. The fraction of sp³-hybridized carbons (Fsp3) is 0.333. The lowest BCUT2D eigenvalue weighted by molar-refractivity contribution is 0.0291. The molecule has 8 heteroatoms. The first-order chi connectivity index (χ1) is 11.1. The second-order valence-corrected chi connectivity index (χ2v) is 6.40. The molecule has 1 saturated heterocycles. The van der Waals surface area contributed by atoms with Crippen LogP contribution in [0.25, 0.3) is 10.9 Å². The zero-order chi connectivity index (χ0) is 16.0. The molecule has 1 aromatic carbocycles. The van der Waals surface area contributed by atoms with Gasteiger partial charge in [0.05, 0.1) is 17.8 Å². The predicted molar refractivity (Wildman–Crippen MR) is 87.4 cm³/mol. The van der Waals surface area contributed by atoms with Gasteiger partial charge in [-0.1, -0.05) is 15.9 Å². The summed E-state index contributed by atoms with van der Waals surface area (Å²) >= 11 is 3.46. The summed E-state index contributed by atoms with van der Waals surface area (Å²) in [6, 6.07) is 5.80. The number of hydrogen-bond donors (Lipinski definition) is 1. The molecule has 1 fully saturated rings. The van der Waals surface area contributed by atoms with Crippen LogP contribution in [0.3, 0.4) is 0 Å². The van der Waals surface area contributed by atoms with Crippen molar-refractivity contribution in [3.8, 4) is 0 Å². The number of hydrogen-bond acceptors (Lipinski definition) is 5. The van der Waals surface area contributed by atoms with E-state index in [-0.39, 0.29) is 6.04 Å². The molecule has 0 unspecified atom stereocenters. The molecule has 4 rings (SSSR count). The highest BCUT2D eigenvalue weighted by atomic mass is 79.9. The molecule has 120 valence electrons. The highest BCUT2D eigenvalue weighted by Gasteiger charge is 2.38. The van der Waals surface area contributed by atoms with Crippen molar-refractivity contribution in [2.45, 2.75) is 18.9 Å². The minimum absolute atomic E-state index is 0.0661. The molecule has 23 heavy (non-hydrogen) atoms. The molecule has 1 amide bonds. The fourth-order valence-electron chi connectivity index (χ4n) is 3.00. The lowest BCUT2D eigenvalue weighted by Gasteiger charge is -2.30. The summed E-state index contributed by atoms with van der Waals surface area (Å²) in [7, 11) is 0. The highest BCUT2D eigenvalue weighted by molar-refractivity contribution is 9.10. The van der Waals surface area contributed by atoms with Gasteiger partial charge in [-0.25, -0.2) is 9.86 Å². The van der Waals surface area contributed by atoms with E-state index in [1.165, 1.54) is 0 Å². The Morgan fingerprint density at radius 2 is 2.13 bits per heavy atom. The number of benzene rings is 1. The van der Waals surface area contributed by atoms with E-state index < -0.39 is 6.09 Å². The normalized spacial score (nSPS) is 18.5. The van der Waals surface area contributed by atoms with Crippen LogP contribution in [0, 0.1) is 0 Å². The summed E-state index contributed by atoms with van der Waals surface area (Å²) < 4.78 is 6.30. The maximum Gasteiger partial charge on any atom is 0.438 e. The number of fused-ring (bicyclic) bond motifs is 3. The zero-order valence-corrected chi connectivity index (χ0v) is 13.7. The first-order valence-corrected chi connectivity index (χ1v) is 8.11. The van der Waals surface area contributed by atoms with Gasteiger partial charge in [-0.05, 0) is 31.0 Å². The first-order valence-electron chi connectivity index (χ1n) is 7.31. The number of pyridine rings is 1. The summed E-state index contributed by atoms with van der Waals surface area (Å²) in [6.07, 6.45) is 1.94. The lowest BCUT2D eigenvalue weighted by Crippen LogP contribution is -2.41. The number of halogens is 1. The van der Waals surface area contributed by atoms with E-state index >= 15 is 0 Å². The van der Waals surface area contributed by atoms with Crippen molar-refractivity contribution >= 4 is 44.3 Å². The Morgan fingerprint density at radius 3 is 2.87 bits per heavy atom.